The maximum atomic E-state index is 12.9. The SMILES string of the molecule is O=C(O)/C=C/c1cccc(S(=O)(=O)N2CCN(c3ccccc3Cl)CC2)c1. The average molecular weight is 407 g/mol. The Morgan fingerprint density at radius 2 is 1.74 bits per heavy atom. The van der Waals surface area contributed by atoms with Crippen molar-refractivity contribution < 1.29 is 18.3 Å². The van der Waals surface area contributed by atoms with E-state index >= 15 is 0 Å². The first kappa shape index (κ1) is 19.4. The van der Waals surface area contributed by atoms with Gasteiger partial charge in [-0.25, -0.2) is 13.2 Å². The van der Waals surface area contributed by atoms with Crippen LogP contribution < -0.4 is 4.90 Å². The van der Waals surface area contributed by atoms with Crippen LogP contribution >= 0.6 is 11.6 Å². The van der Waals surface area contributed by atoms with Crippen molar-refractivity contribution in [3.8, 4) is 0 Å². The molecular weight excluding hydrogens is 388 g/mol. The van der Waals surface area contributed by atoms with Crippen molar-refractivity contribution >= 4 is 39.4 Å². The predicted octanol–water partition coefficient (Wildman–Crippen LogP) is 2.95. The van der Waals surface area contributed by atoms with Crippen molar-refractivity contribution in [1.82, 2.24) is 4.31 Å². The standard InChI is InChI=1S/C19H19ClN2O4S/c20-17-6-1-2-7-18(17)21-10-12-22(13-11-21)27(25,26)16-5-3-4-15(14-16)8-9-19(23)24/h1-9,14H,10-13H2,(H,23,24)/b9-8+. The fourth-order valence-electron chi connectivity index (χ4n) is 2.97. The van der Waals surface area contributed by atoms with Crippen LogP contribution in [0.2, 0.25) is 5.02 Å². The van der Waals surface area contributed by atoms with Gasteiger partial charge in [-0.15, -0.1) is 0 Å². The summed E-state index contributed by atoms with van der Waals surface area (Å²) in [4.78, 5) is 12.9. The number of sulfonamides is 1. The molecule has 1 aliphatic rings. The second kappa shape index (κ2) is 8.12. The predicted molar refractivity (Wildman–Crippen MR) is 106 cm³/mol. The number of halogens is 1. The molecular formula is C19H19ClN2O4S. The van der Waals surface area contributed by atoms with Crippen LogP contribution in [0.1, 0.15) is 5.56 Å². The number of para-hydroxylation sites is 1. The molecule has 2 aromatic carbocycles. The Hall–Kier alpha value is -2.35. The molecule has 27 heavy (non-hydrogen) atoms. The van der Waals surface area contributed by atoms with Crippen LogP contribution in [0.25, 0.3) is 6.08 Å². The molecule has 1 fully saturated rings. The van der Waals surface area contributed by atoms with Crippen molar-refractivity contribution in [2.45, 2.75) is 4.90 Å². The van der Waals surface area contributed by atoms with E-state index in [0.29, 0.717) is 36.8 Å². The number of aliphatic carboxylic acids is 1. The Labute approximate surface area is 163 Å². The molecule has 1 saturated heterocycles. The molecule has 6 nitrogen and oxygen atoms in total. The number of hydrogen-bond acceptors (Lipinski definition) is 4. The smallest absolute Gasteiger partial charge is 0.328 e. The van der Waals surface area contributed by atoms with Crippen LogP contribution in [-0.2, 0) is 14.8 Å². The van der Waals surface area contributed by atoms with Gasteiger partial charge in [-0.2, -0.15) is 4.31 Å². The summed E-state index contributed by atoms with van der Waals surface area (Å²) < 4.78 is 27.3. The van der Waals surface area contributed by atoms with Gasteiger partial charge in [0.2, 0.25) is 10.0 Å². The highest BCUT2D eigenvalue weighted by molar-refractivity contribution is 7.89. The average Bonchev–Trinajstić information content (AvgIpc) is 2.67. The van der Waals surface area contributed by atoms with Gasteiger partial charge in [-0.05, 0) is 35.9 Å². The third kappa shape index (κ3) is 4.50. The zero-order valence-electron chi connectivity index (χ0n) is 14.5. The van der Waals surface area contributed by atoms with Crippen LogP contribution in [0, 0.1) is 0 Å². The fraction of sp³-hybridized carbons (Fsp3) is 0.211. The molecule has 3 rings (SSSR count). The molecule has 0 aromatic heterocycles. The van der Waals surface area contributed by atoms with Gasteiger partial charge in [0, 0.05) is 32.3 Å². The number of carboxylic acid groups (broad SMARTS) is 1. The molecule has 8 heteroatoms. The molecule has 0 bridgehead atoms. The van der Waals surface area contributed by atoms with E-state index < -0.39 is 16.0 Å². The summed E-state index contributed by atoms with van der Waals surface area (Å²) in [7, 11) is -3.65. The molecule has 0 unspecified atom stereocenters. The van der Waals surface area contributed by atoms with Crippen molar-refractivity contribution in [2.75, 3.05) is 31.1 Å². The molecule has 0 spiro atoms. The fourth-order valence-corrected chi connectivity index (χ4v) is 4.71. The van der Waals surface area contributed by atoms with Crippen molar-refractivity contribution in [3.05, 3.63) is 65.2 Å². The van der Waals surface area contributed by atoms with Gasteiger partial charge in [0.1, 0.15) is 0 Å². The maximum absolute atomic E-state index is 12.9. The highest BCUT2D eigenvalue weighted by atomic mass is 35.5. The number of anilines is 1. The van der Waals surface area contributed by atoms with E-state index in [1.807, 2.05) is 24.3 Å². The van der Waals surface area contributed by atoms with Gasteiger partial charge in [0.05, 0.1) is 15.6 Å². The third-order valence-corrected chi connectivity index (χ3v) is 6.56. The summed E-state index contributed by atoms with van der Waals surface area (Å²) in [6.45, 7) is 1.79. The third-order valence-electron chi connectivity index (χ3n) is 4.35. The molecule has 1 N–H and O–H groups in total. The minimum atomic E-state index is -3.65. The number of piperazine rings is 1. The molecule has 0 atom stereocenters. The summed E-state index contributed by atoms with van der Waals surface area (Å²) in [5, 5.41) is 9.36. The summed E-state index contributed by atoms with van der Waals surface area (Å²) in [6.07, 6.45) is 2.35. The number of carboxylic acids is 1. The number of carbonyl (C=O) groups is 1. The van der Waals surface area contributed by atoms with E-state index in [1.165, 1.54) is 22.5 Å². The van der Waals surface area contributed by atoms with Crippen LogP contribution in [0.15, 0.2) is 59.5 Å². The van der Waals surface area contributed by atoms with Crippen molar-refractivity contribution in [1.29, 1.82) is 0 Å². The Kier molecular flexibility index (Phi) is 5.84. The molecule has 0 saturated carbocycles. The van der Waals surface area contributed by atoms with E-state index in [1.54, 1.807) is 12.1 Å². The first-order valence-electron chi connectivity index (χ1n) is 8.38. The summed E-state index contributed by atoms with van der Waals surface area (Å²) in [5.41, 5.74) is 1.42. The topological polar surface area (TPSA) is 77.9 Å². The van der Waals surface area contributed by atoms with E-state index in [-0.39, 0.29) is 4.90 Å². The van der Waals surface area contributed by atoms with Gasteiger partial charge in [0.25, 0.3) is 0 Å². The quantitative estimate of drug-likeness (QED) is 0.772. The van der Waals surface area contributed by atoms with Crippen molar-refractivity contribution in [3.63, 3.8) is 0 Å². The Morgan fingerprint density at radius 1 is 1.04 bits per heavy atom. The van der Waals surface area contributed by atoms with Crippen LogP contribution in [0.3, 0.4) is 0 Å². The molecule has 1 aliphatic heterocycles. The van der Waals surface area contributed by atoms with Crippen LogP contribution in [0.5, 0.6) is 0 Å². The zero-order chi connectivity index (χ0) is 19.4. The van der Waals surface area contributed by atoms with Gasteiger partial charge in [-0.1, -0.05) is 35.9 Å². The minimum Gasteiger partial charge on any atom is -0.478 e. The van der Waals surface area contributed by atoms with E-state index in [9.17, 15) is 13.2 Å². The molecule has 2 aromatic rings. The van der Waals surface area contributed by atoms with Gasteiger partial charge in [0.15, 0.2) is 0 Å². The Bertz CT molecular complexity index is 967. The molecule has 0 radical (unpaired) electrons. The zero-order valence-corrected chi connectivity index (χ0v) is 16.0. The Balaban J connectivity index is 1.75. The Morgan fingerprint density at radius 3 is 2.41 bits per heavy atom. The summed E-state index contributed by atoms with van der Waals surface area (Å²) in [5.74, 6) is -1.08. The van der Waals surface area contributed by atoms with E-state index in [0.717, 1.165) is 11.8 Å². The normalized spacial score (nSPS) is 16.0. The summed E-state index contributed by atoms with van der Waals surface area (Å²) in [6, 6.07) is 13.8. The lowest BCUT2D eigenvalue weighted by atomic mass is 10.2. The number of rotatable bonds is 5. The van der Waals surface area contributed by atoms with E-state index in [4.69, 9.17) is 16.7 Å². The monoisotopic (exact) mass is 406 g/mol. The molecule has 0 aliphatic carbocycles. The van der Waals surface area contributed by atoms with Gasteiger partial charge >= 0.3 is 5.97 Å². The van der Waals surface area contributed by atoms with Crippen LogP contribution in [0.4, 0.5) is 5.69 Å². The first-order chi connectivity index (χ1) is 12.9. The van der Waals surface area contributed by atoms with Gasteiger partial charge < -0.3 is 10.0 Å². The molecule has 1 heterocycles. The largest absolute Gasteiger partial charge is 0.478 e. The second-order valence-corrected chi connectivity index (χ2v) is 8.43. The maximum Gasteiger partial charge on any atom is 0.328 e. The number of hydrogen-bond donors (Lipinski definition) is 1. The van der Waals surface area contributed by atoms with Crippen molar-refractivity contribution in [2.24, 2.45) is 0 Å². The van der Waals surface area contributed by atoms with Gasteiger partial charge in [-0.3, -0.25) is 0 Å². The highest BCUT2D eigenvalue weighted by Gasteiger charge is 2.29. The van der Waals surface area contributed by atoms with Crippen LogP contribution in [-0.4, -0.2) is 50.0 Å². The minimum absolute atomic E-state index is 0.154. The molecule has 142 valence electrons. The lowest BCUT2D eigenvalue weighted by Crippen LogP contribution is -2.48. The van der Waals surface area contributed by atoms with E-state index in [2.05, 4.69) is 4.90 Å². The first-order valence-corrected chi connectivity index (χ1v) is 10.2. The lowest BCUT2D eigenvalue weighted by Gasteiger charge is -2.35. The second-order valence-electron chi connectivity index (χ2n) is 6.09. The number of nitrogens with zero attached hydrogens (tertiary/aromatic N) is 2. The number of benzene rings is 2. The highest BCUT2D eigenvalue weighted by Crippen LogP contribution is 2.27. The summed E-state index contributed by atoms with van der Waals surface area (Å²) >= 11 is 6.23. The molecule has 0 amide bonds. The lowest BCUT2D eigenvalue weighted by molar-refractivity contribution is -0.131.